The Bertz CT molecular complexity index is 10200. The predicted octanol–water partition coefficient (Wildman–Crippen LogP) is 35.5. The molecule has 28 aromatic rings. The summed E-state index contributed by atoms with van der Waals surface area (Å²) in [7, 11) is 0. The summed E-state index contributed by atoms with van der Waals surface area (Å²) in [6, 6.07) is 164. The standard InChI is InChI=1S/2C64H36N2.CH4/c1-5-21-50-39(15-1)46-25-13-27-48-41-17-3-7-23-52(41)63(61(50)59(46)48)65-56-30-12-10-20-44(56)54-35-37(32-34-57(54)65)38-31-33-45-43-19-9-11-29-55(43)66(58(45)36-38)64-53-24-8-4-18-42(53)49-28-14-26-47-40-16-2-6-22-51(40)62(64)60(47)49;1-3-13-43-39(11-1)32-57-46-29-26-42(35-54(46)53-20-10-18-51(43)64(53)57)66-59-21-7-5-15-47(59)49-27-23-38(34-62(49)66)37-24-30-61-56(31-37)48-16-6-8-22-60(48)65(61)41-25-28-45-52-19-9-17-50-44-14-4-2-12-40(44)33-58(63(50)52)55(45)36-41;/h2*1-36H;1H4. The van der Waals surface area contributed by atoms with Gasteiger partial charge in [0.05, 0.1) is 55.5 Å². The van der Waals surface area contributed by atoms with Gasteiger partial charge in [-0.1, -0.05) is 347 Å². The zero-order valence-electron chi connectivity index (χ0n) is 71.4. The van der Waals surface area contributed by atoms with E-state index in [0.717, 1.165) is 0 Å². The van der Waals surface area contributed by atoms with Crippen molar-refractivity contribution in [2.75, 3.05) is 0 Å². The van der Waals surface area contributed by atoms with Crippen molar-refractivity contribution in [2.45, 2.75) is 7.43 Å². The summed E-state index contributed by atoms with van der Waals surface area (Å²) < 4.78 is 10.1. The summed E-state index contributed by atoms with van der Waals surface area (Å²) in [6.07, 6.45) is 0. The van der Waals surface area contributed by atoms with Crippen molar-refractivity contribution in [2.24, 2.45) is 0 Å². The first-order chi connectivity index (χ1) is 65.5. The lowest BCUT2D eigenvalue weighted by Crippen LogP contribution is -1.99. The van der Waals surface area contributed by atoms with E-state index >= 15 is 0 Å². The molecule has 0 saturated heterocycles. The van der Waals surface area contributed by atoms with E-state index in [1.54, 1.807) is 0 Å². The number of rotatable bonds is 6. The fraction of sp³-hybridized carbons (Fsp3) is 0.00775. The molecule has 4 heteroatoms. The first kappa shape index (κ1) is 72.6. The minimum absolute atomic E-state index is 0. The number of hydrogen-bond acceptors (Lipinski definition) is 0. The zero-order chi connectivity index (χ0) is 85.6. The minimum Gasteiger partial charge on any atom is -0.309 e. The molecule has 4 aliphatic rings. The van der Waals surface area contributed by atoms with E-state index in [0.29, 0.717) is 0 Å². The van der Waals surface area contributed by atoms with Crippen LogP contribution in [0.1, 0.15) is 7.43 Å². The summed E-state index contributed by atoms with van der Waals surface area (Å²) in [5.74, 6) is 0. The fourth-order valence-corrected chi connectivity index (χ4v) is 24.9. The van der Waals surface area contributed by atoms with Crippen LogP contribution < -0.4 is 0 Å². The van der Waals surface area contributed by atoms with E-state index in [1.807, 2.05) is 0 Å². The lowest BCUT2D eigenvalue weighted by Gasteiger charge is -2.19. The van der Waals surface area contributed by atoms with Gasteiger partial charge in [0.1, 0.15) is 0 Å². The van der Waals surface area contributed by atoms with Crippen molar-refractivity contribution in [3.8, 4) is 134 Å². The number of para-hydroxylation sites is 4. The molecule has 4 aromatic heterocycles. The van der Waals surface area contributed by atoms with Gasteiger partial charge in [0.2, 0.25) is 0 Å². The van der Waals surface area contributed by atoms with E-state index in [9.17, 15) is 0 Å². The van der Waals surface area contributed by atoms with Gasteiger partial charge in [-0.2, -0.15) is 0 Å². The second-order valence-electron chi connectivity index (χ2n) is 36.6. The van der Waals surface area contributed by atoms with Gasteiger partial charge in [0.25, 0.3) is 0 Å². The molecule has 0 atom stereocenters. The molecule has 4 heterocycles. The van der Waals surface area contributed by atoms with Crippen LogP contribution >= 0.6 is 0 Å². The van der Waals surface area contributed by atoms with E-state index in [-0.39, 0.29) is 7.43 Å². The highest BCUT2D eigenvalue weighted by atomic mass is 15.0. The monoisotopic (exact) mass is 1680 g/mol. The molecule has 32 rings (SSSR count). The molecule has 4 nitrogen and oxygen atoms in total. The van der Waals surface area contributed by atoms with Crippen molar-refractivity contribution in [3.05, 3.63) is 437 Å². The van der Waals surface area contributed by atoms with Crippen LogP contribution in [-0.2, 0) is 0 Å². The molecule has 0 bridgehead atoms. The van der Waals surface area contributed by atoms with Crippen molar-refractivity contribution in [1.29, 1.82) is 0 Å². The average Bonchev–Trinajstić information content (AvgIpc) is 1.55. The fourth-order valence-electron chi connectivity index (χ4n) is 24.9. The summed E-state index contributed by atoms with van der Waals surface area (Å²) in [5.41, 5.74) is 40.3. The van der Waals surface area contributed by atoms with Gasteiger partial charge < -0.3 is 18.3 Å². The van der Waals surface area contributed by atoms with Crippen LogP contribution in [-0.4, -0.2) is 18.3 Å². The smallest absolute Gasteiger partial charge is 0.0625 e. The molecule has 0 aliphatic heterocycles. The van der Waals surface area contributed by atoms with Gasteiger partial charge in [-0.25, -0.2) is 0 Å². The molecule has 0 radical (unpaired) electrons. The molecule has 4 aliphatic carbocycles. The van der Waals surface area contributed by atoms with E-state index < -0.39 is 0 Å². The Morgan fingerprint density at radius 1 is 0.128 bits per heavy atom. The molecule has 0 spiro atoms. The number of benzene rings is 24. The maximum atomic E-state index is 2.58. The van der Waals surface area contributed by atoms with Gasteiger partial charge in [-0.3, -0.25) is 0 Å². The van der Waals surface area contributed by atoms with Crippen molar-refractivity contribution < 1.29 is 0 Å². The first-order valence-corrected chi connectivity index (χ1v) is 46.0. The van der Waals surface area contributed by atoms with E-state index in [4.69, 9.17) is 0 Å². The van der Waals surface area contributed by atoms with Crippen LogP contribution in [0.25, 0.3) is 307 Å². The Morgan fingerprint density at radius 3 is 0.880 bits per heavy atom. The van der Waals surface area contributed by atoms with E-state index in [2.05, 4.69) is 455 Å². The normalized spacial score (nSPS) is 12.5. The summed E-state index contributed by atoms with van der Waals surface area (Å²) in [4.78, 5) is 0. The van der Waals surface area contributed by atoms with Crippen LogP contribution in [0.2, 0.25) is 0 Å². The Kier molecular flexibility index (Phi) is 14.7. The maximum absolute atomic E-state index is 2.58. The van der Waals surface area contributed by atoms with Gasteiger partial charge in [0.15, 0.2) is 0 Å². The Balaban J connectivity index is 0.000000126. The molecular weight excluding hydrogens is 1610 g/mol. The largest absolute Gasteiger partial charge is 0.309 e. The lowest BCUT2D eigenvalue weighted by atomic mass is 9.93. The topological polar surface area (TPSA) is 19.7 Å². The van der Waals surface area contributed by atoms with Crippen LogP contribution in [0, 0.1) is 0 Å². The molecule has 133 heavy (non-hydrogen) atoms. The molecule has 0 N–H and O–H groups in total. The van der Waals surface area contributed by atoms with Crippen molar-refractivity contribution in [1.82, 2.24) is 18.3 Å². The van der Waals surface area contributed by atoms with Crippen molar-refractivity contribution in [3.63, 3.8) is 0 Å². The maximum Gasteiger partial charge on any atom is 0.0625 e. The Morgan fingerprint density at radius 2 is 0.406 bits per heavy atom. The highest BCUT2D eigenvalue weighted by Crippen LogP contribution is 2.59. The van der Waals surface area contributed by atoms with Gasteiger partial charge in [-0.05, 0) is 262 Å². The molecule has 24 aromatic carbocycles. The average molecular weight is 1680 g/mol. The number of hydrogen-bond donors (Lipinski definition) is 0. The van der Waals surface area contributed by atoms with E-state index in [1.165, 1.54) is 307 Å². The Hall–Kier alpha value is -17.4. The summed E-state index contributed by atoms with van der Waals surface area (Å²) in [6.45, 7) is 0. The molecule has 0 amide bonds. The van der Waals surface area contributed by atoms with Crippen LogP contribution in [0.4, 0.5) is 0 Å². The number of aromatic nitrogens is 4. The zero-order valence-corrected chi connectivity index (χ0v) is 71.4. The highest BCUT2D eigenvalue weighted by Gasteiger charge is 2.34. The first-order valence-electron chi connectivity index (χ1n) is 46.0. The van der Waals surface area contributed by atoms with Crippen molar-refractivity contribution >= 4 is 173 Å². The molecular formula is C129H76N4. The lowest BCUT2D eigenvalue weighted by molar-refractivity contribution is 1.18. The third kappa shape index (κ3) is 9.71. The van der Waals surface area contributed by atoms with Gasteiger partial charge >= 0.3 is 0 Å². The molecule has 0 unspecified atom stereocenters. The number of fused-ring (bicyclic) bond motifs is 32. The highest BCUT2D eigenvalue weighted by molar-refractivity contribution is 6.32. The molecule has 0 saturated carbocycles. The van der Waals surface area contributed by atoms with Crippen LogP contribution in [0.15, 0.2) is 437 Å². The predicted molar refractivity (Wildman–Crippen MR) is 566 cm³/mol. The second kappa shape index (κ2) is 26.9. The second-order valence-corrected chi connectivity index (χ2v) is 36.6. The molecule has 0 fully saturated rings. The Labute approximate surface area is 764 Å². The summed E-state index contributed by atoms with van der Waals surface area (Å²) >= 11 is 0. The number of nitrogens with zero attached hydrogens (tertiary/aromatic N) is 4. The van der Waals surface area contributed by atoms with Crippen LogP contribution in [0.3, 0.4) is 0 Å². The third-order valence-corrected chi connectivity index (χ3v) is 30.3. The van der Waals surface area contributed by atoms with Crippen LogP contribution in [0.5, 0.6) is 0 Å². The minimum atomic E-state index is 0. The SMILES string of the molecule is C.c1ccc2c(c1)-c1cccc3c1c-2c(-n1c2ccccc2c2cc(-c4ccc5c6ccccc6n(-c6c7c8c(cccc8c8ccccc68)-c6ccccc6-7)c5c4)ccc21)c1ccccc13.c1ccc2c(c1)cc1c3c(cccc32)-c2cc(-n3c4ccccc4c4ccc(-c5ccc6c(c5)c5ccccc5n6-c5ccc6c(c5)-c5cc7ccccc7c7cccc-6c57)cc43)ccc2-1. The van der Waals surface area contributed by atoms with Gasteiger partial charge in [0, 0.05) is 87.1 Å². The summed E-state index contributed by atoms with van der Waals surface area (Å²) in [5, 5.41) is 31.0. The third-order valence-electron chi connectivity index (χ3n) is 30.3. The quantitative estimate of drug-likeness (QED) is 0.148. The molecule has 612 valence electrons. The van der Waals surface area contributed by atoms with Gasteiger partial charge in [-0.15, -0.1) is 0 Å².